The second-order valence-electron chi connectivity index (χ2n) is 9.30. The van der Waals surface area contributed by atoms with Gasteiger partial charge >= 0.3 is 0 Å². The molecule has 5 rings (SSSR count). The molecule has 0 unspecified atom stereocenters. The summed E-state index contributed by atoms with van der Waals surface area (Å²) in [5, 5.41) is 7.91. The van der Waals surface area contributed by atoms with Crippen LogP contribution in [0, 0.1) is 6.92 Å². The van der Waals surface area contributed by atoms with E-state index in [0.717, 1.165) is 41.3 Å². The van der Waals surface area contributed by atoms with Crippen LogP contribution in [0.25, 0.3) is 32.7 Å². The van der Waals surface area contributed by atoms with Gasteiger partial charge in [-0.15, -0.1) is 11.3 Å². The first kappa shape index (κ1) is 24.9. The van der Waals surface area contributed by atoms with Crippen molar-refractivity contribution in [3.8, 4) is 32.7 Å². The van der Waals surface area contributed by atoms with Gasteiger partial charge in [-0.25, -0.2) is 4.98 Å². The summed E-state index contributed by atoms with van der Waals surface area (Å²) in [7, 11) is 0. The van der Waals surface area contributed by atoms with Crippen LogP contribution < -0.4 is 11.1 Å². The summed E-state index contributed by atoms with van der Waals surface area (Å²) in [6.45, 7) is 8.82. The summed E-state index contributed by atoms with van der Waals surface area (Å²) in [6.07, 6.45) is 4.31. The predicted octanol–water partition coefficient (Wildman–Crippen LogP) is 5.92. The Morgan fingerprint density at radius 3 is 2.78 bits per heavy atom. The number of carbonyl (C=O) groups is 1. The maximum Gasteiger partial charge on any atom is 0.272 e. The molecule has 3 heterocycles. The maximum absolute atomic E-state index is 12.3. The molecule has 9 heteroatoms. The molecule has 190 valence electrons. The number of allylic oxidation sites excluding steroid dienone is 1. The minimum absolute atomic E-state index is 0.152. The second kappa shape index (κ2) is 10.7. The lowest BCUT2D eigenvalue weighted by Gasteiger charge is -2.14. The Morgan fingerprint density at radius 1 is 1.19 bits per heavy atom. The Balaban J connectivity index is 1.39. The monoisotopic (exact) mass is 514 g/mol. The van der Waals surface area contributed by atoms with Crippen molar-refractivity contribution in [2.24, 2.45) is 0 Å². The van der Waals surface area contributed by atoms with Crippen molar-refractivity contribution >= 4 is 28.7 Å². The predicted molar refractivity (Wildman–Crippen MR) is 148 cm³/mol. The van der Waals surface area contributed by atoms with Gasteiger partial charge in [-0.3, -0.25) is 9.69 Å². The van der Waals surface area contributed by atoms with E-state index in [1.54, 1.807) is 13.0 Å². The maximum atomic E-state index is 12.3. The van der Waals surface area contributed by atoms with Gasteiger partial charge in [-0.2, -0.15) is 4.98 Å². The second-order valence-corrected chi connectivity index (χ2v) is 10.3. The number of hydrogen-bond donors (Lipinski definition) is 2. The highest BCUT2D eigenvalue weighted by Gasteiger charge is 2.20. The molecule has 0 atom stereocenters. The fourth-order valence-electron chi connectivity index (χ4n) is 4.34. The van der Waals surface area contributed by atoms with Crippen LogP contribution in [0.5, 0.6) is 0 Å². The Bertz CT molecular complexity index is 1470. The zero-order valence-corrected chi connectivity index (χ0v) is 22.1. The largest absolute Gasteiger partial charge is 0.382 e. The zero-order chi connectivity index (χ0) is 25.9. The highest BCUT2D eigenvalue weighted by molar-refractivity contribution is 7.18. The Hall–Kier alpha value is -3.82. The number of anilines is 2. The minimum Gasteiger partial charge on any atom is -0.382 e. The van der Waals surface area contributed by atoms with Gasteiger partial charge in [0.25, 0.3) is 11.8 Å². The van der Waals surface area contributed by atoms with E-state index in [0.29, 0.717) is 33.7 Å². The lowest BCUT2D eigenvalue weighted by Crippen LogP contribution is -2.18. The third kappa shape index (κ3) is 5.47. The number of nitrogens with one attached hydrogen (secondary N) is 1. The van der Waals surface area contributed by atoms with Crippen LogP contribution in [-0.4, -0.2) is 39.0 Å². The topological polar surface area (TPSA) is 110 Å². The van der Waals surface area contributed by atoms with E-state index in [4.69, 9.17) is 10.3 Å². The van der Waals surface area contributed by atoms with Gasteiger partial charge in [-0.1, -0.05) is 35.5 Å². The molecule has 0 aliphatic carbocycles. The molecule has 0 bridgehead atoms. The van der Waals surface area contributed by atoms with Crippen molar-refractivity contribution in [3.63, 3.8) is 0 Å². The van der Waals surface area contributed by atoms with Crippen LogP contribution in [0.4, 0.5) is 11.5 Å². The number of amides is 1. The lowest BCUT2D eigenvalue weighted by atomic mass is 10.1. The summed E-state index contributed by atoms with van der Waals surface area (Å²) in [4.78, 5) is 24.6. The molecule has 1 amide bonds. The third-order valence-corrected chi connectivity index (χ3v) is 7.69. The Labute approximate surface area is 220 Å². The molecular weight excluding hydrogens is 484 g/mol. The van der Waals surface area contributed by atoms with Crippen LogP contribution in [0.15, 0.2) is 58.6 Å². The number of benzene rings is 2. The number of thiazole rings is 1. The number of nitrogens with two attached hydrogens (primary N) is 1. The van der Waals surface area contributed by atoms with Crippen LogP contribution in [0.3, 0.4) is 0 Å². The van der Waals surface area contributed by atoms with E-state index in [1.807, 2.05) is 38.1 Å². The summed E-state index contributed by atoms with van der Waals surface area (Å²) in [5.41, 5.74) is 11.6. The smallest absolute Gasteiger partial charge is 0.272 e. The third-order valence-electron chi connectivity index (χ3n) is 6.58. The number of likely N-dealkylation sites (tertiary alicyclic amines) is 1. The van der Waals surface area contributed by atoms with Gasteiger partial charge in [0.2, 0.25) is 5.82 Å². The number of rotatable bonds is 7. The first-order valence-corrected chi connectivity index (χ1v) is 13.2. The standard InChI is InChI=1S/C28H30N6O2S/c1-4-17(2)26(35)30-21-11-10-18(3)22(15-21)25-32-27(36-33-25)23-24(29)31-28(37-23)20-9-7-8-19(14-20)16-34-12-5-6-13-34/h4,7-11,14-15H,5-6,12-13,16,29H2,1-3H3,(H,30,35). The van der Waals surface area contributed by atoms with E-state index in [1.165, 1.54) is 29.7 Å². The normalized spacial score (nSPS) is 14.3. The van der Waals surface area contributed by atoms with Gasteiger partial charge < -0.3 is 15.6 Å². The number of carbonyl (C=O) groups excluding carboxylic acids is 1. The van der Waals surface area contributed by atoms with E-state index in [9.17, 15) is 4.79 Å². The molecule has 8 nitrogen and oxygen atoms in total. The number of aromatic nitrogens is 3. The zero-order valence-electron chi connectivity index (χ0n) is 21.2. The summed E-state index contributed by atoms with van der Waals surface area (Å²) in [6, 6.07) is 14.1. The molecule has 0 spiro atoms. The average Bonchev–Trinajstić information content (AvgIpc) is 3.66. The van der Waals surface area contributed by atoms with E-state index in [2.05, 4.69) is 43.5 Å². The molecule has 4 aromatic rings. The Kier molecular flexibility index (Phi) is 7.16. The van der Waals surface area contributed by atoms with Gasteiger partial charge in [0, 0.05) is 28.9 Å². The quantitative estimate of drug-likeness (QED) is 0.295. The number of hydrogen-bond acceptors (Lipinski definition) is 8. The fourth-order valence-corrected chi connectivity index (χ4v) is 5.24. The first-order chi connectivity index (χ1) is 17.9. The van der Waals surface area contributed by atoms with Gasteiger partial charge in [0.05, 0.1) is 0 Å². The van der Waals surface area contributed by atoms with Crippen LogP contribution in [-0.2, 0) is 11.3 Å². The van der Waals surface area contributed by atoms with Crippen LogP contribution >= 0.6 is 11.3 Å². The molecule has 1 aliphatic heterocycles. The Morgan fingerprint density at radius 2 is 2.00 bits per heavy atom. The highest BCUT2D eigenvalue weighted by atomic mass is 32.1. The molecular formula is C28H30N6O2S. The molecule has 0 radical (unpaired) electrons. The highest BCUT2D eigenvalue weighted by Crippen LogP contribution is 2.37. The minimum atomic E-state index is -0.152. The van der Waals surface area contributed by atoms with Gasteiger partial charge in [-0.05, 0) is 76.0 Å². The van der Waals surface area contributed by atoms with Gasteiger partial charge in [0.1, 0.15) is 15.7 Å². The van der Waals surface area contributed by atoms with E-state index >= 15 is 0 Å². The molecule has 3 N–H and O–H groups in total. The summed E-state index contributed by atoms with van der Waals surface area (Å²) < 4.78 is 5.61. The lowest BCUT2D eigenvalue weighted by molar-refractivity contribution is -0.112. The van der Waals surface area contributed by atoms with E-state index < -0.39 is 0 Å². The van der Waals surface area contributed by atoms with Crippen molar-refractivity contribution < 1.29 is 9.32 Å². The molecule has 1 aliphatic rings. The average molecular weight is 515 g/mol. The SMILES string of the molecule is CC=C(C)C(=O)Nc1ccc(C)c(-c2noc(-c3sc(-c4cccc(CN5CCCC5)c4)nc3N)n2)c1. The number of nitrogens with zero attached hydrogens (tertiary/aromatic N) is 4. The fraction of sp³-hybridized carbons (Fsp3) is 0.286. The number of nitrogen functional groups attached to an aromatic ring is 1. The molecule has 0 saturated carbocycles. The first-order valence-electron chi connectivity index (χ1n) is 12.4. The van der Waals surface area contributed by atoms with Crippen molar-refractivity contribution in [1.29, 1.82) is 0 Å². The van der Waals surface area contributed by atoms with Crippen molar-refractivity contribution in [1.82, 2.24) is 20.0 Å². The molecule has 1 fully saturated rings. The van der Waals surface area contributed by atoms with E-state index in [-0.39, 0.29) is 5.91 Å². The molecule has 2 aromatic carbocycles. The van der Waals surface area contributed by atoms with Crippen molar-refractivity contribution in [3.05, 3.63) is 65.2 Å². The van der Waals surface area contributed by atoms with Crippen molar-refractivity contribution in [2.45, 2.75) is 40.2 Å². The van der Waals surface area contributed by atoms with Crippen LogP contribution in [0.1, 0.15) is 37.8 Å². The molecule has 2 aromatic heterocycles. The number of aryl methyl sites for hydroxylation is 1. The van der Waals surface area contributed by atoms with Crippen molar-refractivity contribution in [2.75, 3.05) is 24.1 Å². The molecule has 37 heavy (non-hydrogen) atoms. The molecule has 1 saturated heterocycles. The van der Waals surface area contributed by atoms with Gasteiger partial charge in [0.15, 0.2) is 0 Å². The summed E-state index contributed by atoms with van der Waals surface area (Å²) >= 11 is 1.44. The summed E-state index contributed by atoms with van der Waals surface area (Å²) in [5.74, 6) is 0.955. The van der Waals surface area contributed by atoms with Crippen LogP contribution in [0.2, 0.25) is 0 Å².